The number of anilines is 1. The Balaban J connectivity index is 1.21. The Labute approximate surface area is 279 Å². The first kappa shape index (κ1) is 31.2. The van der Waals surface area contributed by atoms with Crippen molar-refractivity contribution in [1.29, 1.82) is 0 Å². The minimum atomic E-state index is -0.949. The molecule has 0 radical (unpaired) electrons. The fraction of sp³-hybridized carbons (Fsp3) is 0.412. The van der Waals surface area contributed by atoms with Gasteiger partial charge in [0.15, 0.2) is 5.82 Å². The van der Waals surface area contributed by atoms with Crippen molar-refractivity contribution in [2.24, 2.45) is 0 Å². The topological polar surface area (TPSA) is 126 Å². The number of carbonyl (C=O) groups excluding carboxylic acids is 1. The average molecular weight is 674 g/mol. The number of hydrogen-bond acceptors (Lipinski definition) is 10. The Morgan fingerprint density at radius 1 is 1.12 bits per heavy atom. The Bertz CT molecular complexity index is 2070. The number of carbonyl (C=O) groups is 1. The molecule has 12 nitrogen and oxygen atoms in total. The van der Waals surface area contributed by atoms with E-state index in [9.17, 15) is 18.7 Å². The van der Waals surface area contributed by atoms with Gasteiger partial charge in [-0.25, -0.2) is 18.0 Å². The maximum atomic E-state index is 16.9. The molecule has 3 aliphatic rings. The molecule has 0 bridgehead atoms. The second-order valence-corrected chi connectivity index (χ2v) is 13.0. The normalized spacial score (nSPS) is 21.2. The van der Waals surface area contributed by atoms with Crippen LogP contribution < -0.4 is 9.64 Å². The number of pyridine rings is 1. The summed E-state index contributed by atoms with van der Waals surface area (Å²) in [6, 6.07) is 5.39. The molecule has 6 heterocycles. The number of fused-ring (bicyclic) bond motifs is 3. The third-order valence-corrected chi connectivity index (χ3v) is 10.1. The summed E-state index contributed by atoms with van der Waals surface area (Å²) in [7, 11) is 0. The van der Waals surface area contributed by atoms with E-state index in [2.05, 4.69) is 25.2 Å². The number of aryl methyl sites for hydroxylation is 1. The molecule has 3 fully saturated rings. The maximum Gasteiger partial charge on any atom is 0.346 e. The second-order valence-electron chi connectivity index (χ2n) is 13.0. The van der Waals surface area contributed by atoms with E-state index in [1.807, 2.05) is 11.8 Å². The van der Waals surface area contributed by atoms with E-state index >= 15 is 4.39 Å². The average Bonchev–Trinajstić information content (AvgIpc) is 3.84. The lowest BCUT2D eigenvalue weighted by atomic mass is 9.94. The number of rotatable bonds is 6. The number of aromatic hydroxyl groups is 1. The Morgan fingerprint density at radius 2 is 1.96 bits per heavy atom. The van der Waals surface area contributed by atoms with Crippen LogP contribution in [-0.2, 0) is 6.42 Å². The van der Waals surface area contributed by atoms with E-state index in [0.717, 1.165) is 19.4 Å². The number of nitrogens with zero attached hydrogens (tertiary/aromatic N) is 9. The van der Waals surface area contributed by atoms with E-state index < -0.39 is 23.3 Å². The summed E-state index contributed by atoms with van der Waals surface area (Å²) in [5.74, 6) is -0.962. The third-order valence-electron chi connectivity index (χ3n) is 10.1. The molecule has 2 atom stereocenters. The molecule has 3 aliphatic heterocycles. The molecule has 1 N–H and O–H groups in total. The van der Waals surface area contributed by atoms with Crippen LogP contribution in [0.25, 0.3) is 32.9 Å². The number of piperazine rings is 1. The van der Waals surface area contributed by atoms with Gasteiger partial charge in [0, 0.05) is 50.9 Å². The van der Waals surface area contributed by atoms with E-state index in [0.29, 0.717) is 73.1 Å². The van der Waals surface area contributed by atoms with Gasteiger partial charge in [0.1, 0.15) is 41.4 Å². The Kier molecular flexibility index (Phi) is 7.73. The number of hydrogen-bond donors (Lipinski definition) is 1. The van der Waals surface area contributed by atoms with E-state index in [1.54, 1.807) is 11.0 Å². The predicted octanol–water partition coefficient (Wildman–Crippen LogP) is 4.73. The van der Waals surface area contributed by atoms with Crippen LogP contribution in [0, 0.1) is 11.6 Å². The number of phenolic OH excluding ortho intramolecular Hbond substituents is 1. The molecular weight excluding hydrogens is 639 g/mol. The van der Waals surface area contributed by atoms with E-state index in [-0.39, 0.29) is 41.2 Å². The zero-order chi connectivity index (χ0) is 33.9. The van der Waals surface area contributed by atoms with Crippen molar-refractivity contribution < 1.29 is 27.8 Å². The van der Waals surface area contributed by atoms with Crippen molar-refractivity contribution in [1.82, 2.24) is 39.7 Å². The highest BCUT2D eigenvalue weighted by molar-refractivity contribution is 6.01. The van der Waals surface area contributed by atoms with Gasteiger partial charge in [-0.2, -0.15) is 14.6 Å². The summed E-state index contributed by atoms with van der Waals surface area (Å²) >= 11 is 0. The molecule has 3 saturated heterocycles. The number of benzene rings is 2. The lowest BCUT2D eigenvalue weighted by molar-refractivity contribution is 0.107. The molecule has 15 heteroatoms. The predicted molar refractivity (Wildman–Crippen MR) is 174 cm³/mol. The quantitative estimate of drug-likeness (QED) is 0.271. The molecule has 254 valence electrons. The van der Waals surface area contributed by atoms with Crippen molar-refractivity contribution in [2.75, 3.05) is 50.8 Å². The second kappa shape index (κ2) is 12.1. The number of aromatic nitrogens is 6. The van der Waals surface area contributed by atoms with Crippen molar-refractivity contribution >= 4 is 33.5 Å². The van der Waals surface area contributed by atoms with Crippen molar-refractivity contribution in [3.8, 4) is 23.0 Å². The highest BCUT2D eigenvalue weighted by Crippen LogP contribution is 2.42. The van der Waals surface area contributed by atoms with Gasteiger partial charge < -0.3 is 19.6 Å². The number of halogens is 3. The van der Waals surface area contributed by atoms with Gasteiger partial charge in [-0.15, -0.1) is 5.10 Å². The summed E-state index contributed by atoms with van der Waals surface area (Å²) in [6.07, 6.45) is 5.83. The molecule has 8 rings (SSSR count). The maximum absolute atomic E-state index is 16.9. The van der Waals surface area contributed by atoms with Crippen LogP contribution in [0.15, 0.2) is 42.9 Å². The van der Waals surface area contributed by atoms with Crippen LogP contribution in [0.2, 0.25) is 0 Å². The van der Waals surface area contributed by atoms with Crippen LogP contribution in [-0.4, -0.2) is 108 Å². The summed E-state index contributed by atoms with van der Waals surface area (Å²) in [5, 5.41) is 19.4. The monoisotopic (exact) mass is 673 g/mol. The zero-order valence-corrected chi connectivity index (χ0v) is 26.8. The van der Waals surface area contributed by atoms with Crippen LogP contribution in [0.4, 0.5) is 23.8 Å². The van der Waals surface area contributed by atoms with Crippen LogP contribution in [0.5, 0.6) is 11.8 Å². The summed E-state index contributed by atoms with van der Waals surface area (Å²) in [5.41, 5.74) is -0.0395. The summed E-state index contributed by atoms with van der Waals surface area (Å²) < 4.78 is 53.8. The molecule has 2 aromatic carbocycles. The SMILES string of the molecule is CCc1c(F)ccc2cc(O)cc(-c3ncc4c(N5CCN(C(=O)n6ccnn6)CC5)nc(OC[C@@]56CCCN5C[C@H](F)C6)nc4c3F)c12. The molecule has 0 saturated carbocycles. The van der Waals surface area contributed by atoms with E-state index in [4.69, 9.17) is 9.72 Å². The largest absolute Gasteiger partial charge is 0.508 e. The van der Waals surface area contributed by atoms with Gasteiger partial charge in [-0.3, -0.25) is 9.88 Å². The fourth-order valence-corrected chi connectivity index (χ4v) is 7.76. The van der Waals surface area contributed by atoms with Gasteiger partial charge in [-0.05, 0) is 60.3 Å². The summed E-state index contributed by atoms with van der Waals surface area (Å²) in [4.78, 5) is 32.3. The third kappa shape index (κ3) is 5.36. The number of alkyl halides is 1. The molecule has 3 aromatic heterocycles. The van der Waals surface area contributed by atoms with E-state index in [1.165, 1.54) is 41.5 Å². The lowest BCUT2D eigenvalue weighted by Gasteiger charge is -2.35. The van der Waals surface area contributed by atoms with Crippen LogP contribution in [0.3, 0.4) is 0 Å². The smallest absolute Gasteiger partial charge is 0.346 e. The number of amides is 1. The molecule has 1 amide bonds. The zero-order valence-electron chi connectivity index (χ0n) is 26.8. The number of phenols is 1. The molecule has 0 unspecified atom stereocenters. The highest BCUT2D eigenvalue weighted by atomic mass is 19.1. The lowest BCUT2D eigenvalue weighted by Crippen LogP contribution is -2.50. The van der Waals surface area contributed by atoms with Gasteiger partial charge in [-0.1, -0.05) is 18.2 Å². The first-order chi connectivity index (χ1) is 23.7. The van der Waals surface area contributed by atoms with Gasteiger partial charge in [0.2, 0.25) is 0 Å². The molecule has 5 aromatic rings. The van der Waals surface area contributed by atoms with Crippen molar-refractivity contribution in [3.05, 3.63) is 60.1 Å². The Morgan fingerprint density at radius 3 is 2.73 bits per heavy atom. The Hall–Kier alpha value is -5.05. The van der Waals surface area contributed by atoms with Crippen LogP contribution >= 0.6 is 0 Å². The van der Waals surface area contributed by atoms with Gasteiger partial charge >= 0.3 is 12.0 Å². The van der Waals surface area contributed by atoms with Gasteiger partial charge in [0.05, 0.1) is 23.3 Å². The van der Waals surface area contributed by atoms with Crippen LogP contribution in [0.1, 0.15) is 31.7 Å². The number of ether oxygens (including phenoxy) is 1. The van der Waals surface area contributed by atoms with Gasteiger partial charge in [0.25, 0.3) is 0 Å². The van der Waals surface area contributed by atoms with Crippen molar-refractivity contribution in [2.45, 2.75) is 44.3 Å². The van der Waals surface area contributed by atoms with Crippen molar-refractivity contribution in [3.63, 3.8) is 0 Å². The summed E-state index contributed by atoms with van der Waals surface area (Å²) in [6.45, 7) is 4.51. The minimum absolute atomic E-state index is 0.0624. The molecule has 0 spiro atoms. The molecule has 0 aliphatic carbocycles. The first-order valence-corrected chi connectivity index (χ1v) is 16.5. The standard InChI is InChI=1S/C34H34F3N9O3/c1-2-23-26(36)5-4-20-14-22(47)15-24(27(20)23)29-28(37)30-25(17-38-29)31(43-10-12-44(13-11-43)33(48)46-9-7-39-42-46)41-32(40-30)49-19-34-6-3-8-45(34)18-21(35)16-34/h4-5,7,9,14-15,17,21,47H,2-3,6,8,10-13,16,18-19H2,1H3/t21-,34+/m1/s1. The minimum Gasteiger partial charge on any atom is -0.508 e. The molecular formula is C34H34F3N9O3. The molecule has 49 heavy (non-hydrogen) atoms. The first-order valence-electron chi connectivity index (χ1n) is 16.5. The fourth-order valence-electron chi connectivity index (χ4n) is 7.76. The highest BCUT2D eigenvalue weighted by Gasteiger charge is 2.49.